The number of carboxylic acids is 2. The third-order valence-electron chi connectivity index (χ3n) is 3.16. The summed E-state index contributed by atoms with van der Waals surface area (Å²) in [7, 11) is 0. The van der Waals surface area contributed by atoms with Crippen molar-refractivity contribution in [2.75, 3.05) is 5.73 Å². The molecule has 136 valence electrons. The Kier molecular flexibility index (Phi) is 7.70. The fourth-order valence-corrected chi connectivity index (χ4v) is 1.94. The highest BCUT2D eigenvalue weighted by molar-refractivity contribution is 5.83. The Bertz CT molecular complexity index is 618. The van der Waals surface area contributed by atoms with Gasteiger partial charge in [0.15, 0.2) is 6.23 Å². The summed E-state index contributed by atoms with van der Waals surface area (Å²) in [5.41, 5.74) is 6.84. The lowest BCUT2D eigenvalue weighted by Crippen LogP contribution is -2.50. The van der Waals surface area contributed by atoms with Crippen LogP contribution in [0, 0.1) is 0 Å². The summed E-state index contributed by atoms with van der Waals surface area (Å²) in [4.78, 5) is 44.0. The maximum Gasteiger partial charge on any atom is 0.326 e. The molecule has 1 aromatic rings. The average molecular weight is 353 g/mol. The number of aliphatic carboxylic acids is 2. The lowest BCUT2D eigenvalue weighted by atomic mass is 10.1. The molecular weight excluding hydrogens is 334 g/mol. The molecule has 2 amide bonds. The highest BCUT2D eigenvalue weighted by Gasteiger charge is 2.22. The van der Waals surface area contributed by atoms with Crippen LogP contribution >= 0.6 is 0 Å². The van der Waals surface area contributed by atoms with Gasteiger partial charge in [0.2, 0.25) is 0 Å². The summed E-state index contributed by atoms with van der Waals surface area (Å²) in [6.45, 7) is 0.154. The molecule has 0 fully saturated rings. The van der Waals surface area contributed by atoms with Gasteiger partial charge in [-0.1, -0.05) is 12.1 Å². The highest BCUT2D eigenvalue weighted by atomic mass is 16.5. The number of carbonyl (C=O) groups is 4. The van der Waals surface area contributed by atoms with E-state index in [1.165, 1.54) is 0 Å². The second kappa shape index (κ2) is 9.75. The number of rotatable bonds is 10. The number of nitrogens with two attached hydrogens (primary N) is 1. The lowest BCUT2D eigenvalue weighted by Gasteiger charge is -2.19. The molecule has 0 saturated carbocycles. The van der Waals surface area contributed by atoms with Gasteiger partial charge in [-0.3, -0.25) is 9.59 Å². The maximum atomic E-state index is 11.9. The molecule has 0 radical (unpaired) electrons. The molecule has 1 rings (SSSR count). The zero-order valence-electron chi connectivity index (χ0n) is 13.2. The fraction of sp³-hybridized carbons (Fsp3) is 0.333. The van der Waals surface area contributed by atoms with Gasteiger partial charge in [-0.25, -0.2) is 9.59 Å². The van der Waals surface area contributed by atoms with E-state index in [2.05, 4.69) is 10.6 Å². The number of carbonyl (C=O) groups excluding carboxylic acids is 2. The molecular formula is C15H19N3O7. The van der Waals surface area contributed by atoms with Crippen molar-refractivity contribution >= 4 is 30.1 Å². The topological polar surface area (TPSA) is 168 Å². The van der Waals surface area contributed by atoms with Crippen LogP contribution < -0.4 is 16.4 Å². The van der Waals surface area contributed by atoms with Gasteiger partial charge in [-0.15, -0.1) is 0 Å². The summed E-state index contributed by atoms with van der Waals surface area (Å²) < 4.78 is 4.76. The van der Waals surface area contributed by atoms with E-state index in [1.807, 2.05) is 0 Å². The fourth-order valence-electron chi connectivity index (χ4n) is 1.94. The van der Waals surface area contributed by atoms with Crippen LogP contribution in [0.25, 0.3) is 0 Å². The number of benzene rings is 1. The standard InChI is InChI=1S/C15H19N3O7/c16-10-3-1-9(2-4-10)7-12(25-8-19)18-15(24)17-11(14(22)23)5-6-13(20)21/h1-4,8,11-12H,5-7,16H2,(H,20,21)(H,22,23)(H2,17,18,24)/t11-,12+/m0/s1. The SMILES string of the molecule is Nc1ccc(C[C@H](NC(=O)N[C@@H](CCC(=O)O)C(=O)O)OC=O)cc1. The Labute approximate surface area is 143 Å². The predicted molar refractivity (Wildman–Crippen MR) is 85.5 cm³/mol. The third kappa shape index (κ3) is 7.68. The van der Waals surface area contributed by atoms with E-state index >= 15 is 0 Å². The second-order valence-electron chi connectivity index (χ2n) is 5.11. The number of carboxylic acid groups (broad SMARTS) is 2. The van der Waals surface area contributed by atoms with Crippen molar-refractivity contribution in [3.63, 3.8) is 0 Å². The summed E-state index contributed by atoms with van der Waals surface area (Å²) >= 11 is 0. The van der Waals surface area contributed by atoms with Crippen molar-refractivity contribution in [2.24, 2.45) is 0 Å². The molecule has 1 aromatic carbocycles. The number of amides is 2. The molecule has 10 nitrogen and oxygen atoms in total. The maximum absolute atomic E-state index is 11.9. The van der Waals surface area contributed by atoms with E-state index in [-0.39, 0.29) is 19.3 Å². The summed E-state index contributed by atoms with van der Waals surface area (Å²) in [6, 6.07) is 4.36. The third-order valence-corrected chi connectivity index (χ3v) is 3.16. The first-order valence-corrected chi connectivity index (χ1v) is 7.27. The Morgan fingerprint density at radius 2 is 1.80 bits per heavy atom. The summed E-state index contributed by atoms with van der Waals surface area (Å²) in [5.74, 6) is -2.55. The minimum atomic E-state index is -1.38. The Hall–Kier alpha value is -3.30. The van der Waals surface area contributed by atoms with Crippen molar-refractivity contribution in [1.29, 1.82) is 0 Å². The van der Waals surface area contributed by atoms with Crippen LogP contribution in [0.1, 0.15) is 18.4 Å². The van der Waals surface area contributed by atoms with Crippen LogP contribution in [0.5, 0.6) is 0 Å². The van der Waals surface area contributed by atoms with Gasteiger partial charge in [-0.2, -0.15) is 0 Å². The van der Waals surface area contributed by atoms with Crippen molar-refractivity contribution in [1.82, 2.24) is 10.6 Å². The van der Waals surface area contributed by atoms with E-state index in [0.29, 0.717) is 5.69 Å². The first-order valence-electron chi connectivity index (χ1n) is 7.27. The molecule has 10 heteroatoms. The van der Waals surface area contributed by atoms with Crippen LogP contribution in [-0.2, 0) is 25.5 Å². The van der Waals surface area contributed by atoms with Crippen LogP contribution in [0.3, 0.4) is 0 Å². The molecule has 0 aliphatic carbocycles. The van der Waals surface area contributed by atoms with E-state index < -0.39 is 36.7 Å². The van der Waals surface area contributed by atoms with Gasteiger partial charge in [0.25, 0.3) is 6.47 Å². The smallest absolute Gasteiger partial charge is 0.326 e. The zero-order chi connectivity index (χ0) is 18.8. The normalized spacial score (nSPS) is 12.5. The van der Waals surface area contributed by atoms with E-state index in [1.54, 1.807) is 24.3 Å². The van der Waals surface area contributed by atoms with Gasteiger partial charge in [0.05, 0.1) is 0 Å². The van der Waals surface area contributed by atoms with E-state index in [9.17, 15) is 19.2 Å². The minimum absolute atomic E-state index is 0.138. The molecule has 0 aliphatic heterocycles. The van der Waals surface area contributed by atoms with Crippen LogP contribution in [-0.4, -0.2) is 46.9 Å². The molecule has 0 heterocycles. The van der Waals surface area contributed by atoms with Crippen molar-refractivity contribution < 1.29 is 34.1 Å². The van der Waals surface area contributed by atoms with Crippen molar-refractivity contribution in [3.8, 4) is 0 Å². The molecule has 0 saturated heterocycles. The molecule has 0 aromatic heterocycles. The summed E-state index contributed by atoms with van der Waals surface area (Å²) in [5, 5.41) is 22.0. The van der Waals surface area contributed by atoms with Gasteiger partial charge in [0.1, 0.15) is 6.04 Å². The van der Waals surface area contributed by atoms with Crippen LogP contribution in [0.15, 0.2) is 24.3 Å². The van der Waals surface area contributed by atoms with Gasteiger partial charge < -0.3 is 31.3 Å². The number of nitrogen functional groups attached to an aromatic ring is 1. The average Bonchev–Trinajstić information content (AvgIpc) is 2.53. The van der Waals surface area contributed by atoms with E-state index in [4.69, 9.17) is 20.7 Å². The number of nitrogens with one attached hydrogen (secondary N) is 2. The van der Waals surface area contributed by atoms with Gasteiger partial charge in [-0.05, 0) is 24.1 Å². The van der Waals surface area contributed by atoms with Gasteiger partial charge >= 0.3 is 18.0 Å². The first-order chi connectivity index (χ1) is 11.8. The molecule has 25 heavy (non-hydrogen) atoms. The summed E-state index contributed by atoms with van der Waals surface area (Å²) in [6.07, 6.45) is -1.60. The number of hydrogen-bond acceptors (Lipinski definition) is 6. The Morgan fingerprint density at radius 1 is 1.16 bits per heavy atom. The number of hydrogen-bond donors (Lipinski definition) is 5. The lowest BCUT2D eigenvalue weighted by molar-refractivity contribution is -0.141. The monoisotopic (exact) mass is 353 g/mol. The quantitative estimate of drug-likeness (QED) is 0.221. The first kappa shape index (κ1) is 19.7. The molecule has 0 aliphatic rings. The Balaban J connectivity index is 2.64. The number of urea groups is 1. The van der Waals surface area contributed by atoms with Gasteiger partial charge in [0, 0.05) is 18.5 Å². The number of ether oxygens (including phenoxy) is 1. The molecule has 6 N–H and O–H groups in total. The molecule has 0 unspecified atom stereocenters. The Morgan fingerprint density at radius 3 is 2.32 bits per heavy atom. The van der Waals surface area contributed by atoms with E-state index in [0.717, 1.165) is 5.56 Å². The zero-order valence-corrected chi connectivity index (χ0v) is 13.2. The minimum Gasteiger partial charge on any atom is -0.481 e. The number of anilines is 1. The van der Waals surface area contributed by atoms with Crippen LogP contribution in [0.4, 0.5) is 10.5 Å². The predicted octanol–water partition coefficient (Wildman–Crippen LogP) is -0.0724. The largest absolute Gasteiger partial charge is 0.481 e. The van der Waals surface area contributed by atoms with Crippen molar-refractivity contribution in [2.45, 2.75) is 31.5 Å². The molecule has 0 spiro atoms. The highest BCUT2D eigenvalue weighted by Crippen LogP contribution is 2.08. The molecule has 2 atom stereocenters. The molecule has 0 bridgehead atoms. The van der Waals surface area contributed by atoms with Crippen molar-refractivity contribution in [3.05, 3.63) is 29.8 Å². The second-order valence-corrected chi connectivity index (χ2v) is 5.11. The van der Waals surface area contributed by atoms with Crippen LogP contribution in [0.2, 0.25) is 0 Å².